The summed E-state index contributed by atoms with van der Waals surface area (Å²) in [5, 5.41) is 3.00. The molecule has 0 amide bonds. The maximum Gasteiger partial charge on any atom is 0.188 e. The average Bonchev–Trinajstić information content (AvgIpc) is 2.03. The molecule has 0 aromatic carbocycles. The summed E-state index contributed by atoms with van der Waals surface area (Å²) < 4.78 is 0. The highest BCUT2D eigenvalue weighted by Crippen LogP contribution is 1.90. The second-order valence-corrected chi connectivity index (χ2v) is 3.11. The van der Waals surface area contributed by atoms with Crippen LogP contribution in [0.15, 0.2) is 4.99 Å². The number of nitrogens with one attached hydrogen (secondary N) is 1. The summed E-state index contributed by atoms with van der Waals surface area (Å²) in [6, 6.07) is 0.576. The van der Waals surface area contributed by atoms with Crippen molar-refractivity contribution in [3.63, 3.8) is 0 Å². The number of hydrogen-bond donors (Lipinski definition) is 2. The lowest BCUT2D eigenvalue weighted by atomic mass is 10.3. The minimum atomic E-state index is 0.507. The molecule has 0 aliphatic heterocycles. The molecule has 0 aliphatic rings. The molecule has 0 aromatic heterocycles. The lowest BCUT2D eigenvalue weighted by Crippen LogP contribution is -2.39. The van der Waals surface area contributed by atoms with Crippen LogP contribution in [0.2, 0.25) is 0 Å². The molecule has 3 N–H and O–H groups in total. The van der Waals surface area contributed by atoms with Gasteiger partial charge in [0.15, 0.2) is 5.96 Å². The maximum absolute atomic E-state index is 5.46. The fraction of sp³-hybridized carbons (Fsp3) is 0.875. The Hall–Kier alpha value is -0.770. The highest BCUT2D eigenvalue weighted by atomic mass is 15.2. The van der Waals surface area contributed by atoms with E-state index in [0.29, 0.717) is 12.0 Å². The third-order valence-corrected chi connectivity index (χ3v) is 1.89. The van der Waals surface area contributed by atoms with Gasteiger partial charge in [0.05, 0.1) is 0 Å². The molecule has 0 radical (unpaired) electrons. The van der Waals surface area contributed by atoms with E-state index in [4.69, 9.17) is 5.73 Å². The molecule has 0 spiro atoms. The van der Waals surface area contributed by atoms with Crippen LogP contribution in [0.4, 0.5) is 0 Å². The molecular weight excluding hydrogens is 152 g/mol. The standard InChI is InChI=1S/C8H20N4/c1-7(2)12(4)6-5-11-8(9)10-3/h7H,5-6H2,1-4H3,(H3,9,10,11). The Morgan fingerprint density at radius 1 is 1.58 bits per heavy atom. The minimum absolute atomic E-state index is 0.507. The highest BCUT2D eigenvalue weighted by molar-refractivity contribution is 5.77. The summed E-state index contributed by atoms with van der Waals surface area (Å²) in [4.78, 5) is 6.04. The number of aliphatic imine (C=N–C) groups is 1. The van der Waals surface area contributed by atoms with Crippen molar-refractivity contribution in [1.29, 1.82) is 0 Å². The molecule has 4 nitrogen and oxygen atoms in total. The fourth-order valence-corrected chi connectivity index (χ4v) is 0.698. The van der Waals surface area contributed by atoms with E-state index < -0.39 is 0 Å². The normalized spacial score (nSPS) is 12.7. The van der Waals surface area contributed by atoms with E-state index in [1.807, 2.05) is 0 Å². The zero-order chi connectivity index (χ0) is 9.56. The number of guanidine groups is 1. The molecule has 0 aliphatic carbocycles. The maximum atomic E-state index is 5.46. The zero-order valence-corrected chi connectivity index (χ0v) is 8.46. The largest absolute Gasteiger partial charge is 0.370 e. The first-order chi connectivity index (χ1) is 5.57. The van der Waals surface area contributed by atoms with Crippen LogP contribution in [0.5, 0.6) is 0 Å². The topological polar surface area (TPSA) is 53.6 Å². The van der Waals surface area contributed by atoms with Crippen LogP contribution in [0.1, 0.15) is 13.8 Å². The first-order valence-electron chi connectivity index (χ1n) is 4.24. The van der Waals surface area contributed by atoms with Crippen LogP contribution in [0, 0.1) is 0 Å². The van der Waals surface area contributed by atoms with E-state index in [2.05, 4.69) is 36.1 Å². The molecule has 0 rings (SSSR count). The van der Waals surface area contributed by atoms with Crippen molar-refractivity contribution < 1.29 is 0 Å². The summed E-state index contributed by atoms with van der Waals surface area (Å²) in [6.07, 6.45) is 0. The van der Waals surface area contributed by atoms with E-state index in [1.54, 1.807) is 7.05 Å². The summed E-state index contributed by atoms with van der Waals surface area (Å²) >= 11 is 0. The molecule has 0 saturated carbocycles. The molecule has 0 heterocycles. The van der Waals surface area contributed by atoms with E-state index in [0.717, 1.165) is 13.1 Å². The molecule has 0 aromatic rings. The monoisotopic (exact) mass is 172 g/mol. The van der Waals surface area contributed by atoms with E-state index >= 15 is 0 Å². The van der Waals surface area contributed by atoms with Crippen molar-refractivity contribution in [2.24, 2.45) is 10.7 Å². The van der Waals surface area contributed by atoms with E-state index in [1.165, 1.54) is 0 Å². The van der Waals surface area contributed by atoms with Gasteiger partial charge in [0, 0.05) is 26.2 Å². The van der Waals surface area contributed by atoms with Gasteiger partial charge >= 0.3 is 0 Å². The summed E-state index contributed by atoms with van der Waals surface area (Å²) in [7, 11) is 3.76. The summed E-state index contributed by atoms with van der Waals surface area (Å²) in [5.41, 5.74) is 5.46. The van der Waals surface area contributed by atoms with Crippen LogP contribution >= 0.6 is 0 Å². The first kappa shape index (κ1) is 11.2. The second-order valence-electron chi connectivity index (χ2n) is 3.11. The lowest BCUT2D eigenvalue weighted by Gasteiger charge is -2.20. The minimum Gasteiger partial charge on any atom is -0.370 e. The predicted octanol–water partition coefficient (Wildman–Crippen LogP) is -0.139. The molecule has 0 unspecified atom stereocenters. The highest BCUT2D eigenvalue weighted by Gasteiger charge is 2.01. The SMILES string of the molecule is CN=C(N)NCCN(C)C(C)C. The fourth-order valence-electron chi connectivity index (χ4n) is 0.698. The smallest absolute Gasteiger partial charge is 0.188 e. The molecule has 0 saturated heterocycles. The third kappa shape index (κ3) is 4.96. The van der Waals surface area contributed by atoms with Crippen LogP contribution in [0.3, 0.4) is 0 Å². The van der Waals surface area contributed by atoms with Gasteiger partial charge in [0.25, 0.3) is 0 Å². The van der Waals surface area contributed by atoms with Crippen molar-refractivity contribution in [3.05, 3.63) is 0 Å². The van der Waals surface area contributed by atoms with E-state index in [-0.39, 0.29) is 0 Å². The molecule has 0 fully saturated rings. The molecular formula is C8H20N4. The van der Waals surface area contributed by atoms with Crippen molar-refractivity contribution in [2.75, 3.05) is 27.2 Å². The molecule has 0 bridgehead atoms. The summed E-state index contributed by atoms with van der Waals surface area (Å²) in [6.45, 7) is 6.15. The average molecular weight is 172 g/mol. The number of nitrogens with zero attached hydrogens (tertiary/aromatic N) is 2. The number of rotatable bonds is 4. The first-order valence-corrected chi connectivity index (χ1v) is 4.24. The van der Waals surface area contributed by atoms with Gasteiger partial charge in [-0.2, -0.15) is 0 Å². The zero-order valence-electron chi connectivity index (χ0n) is 8.46. The van der Waals surface area contributed by atoms with Crippen LogP contribution in [-0.2, 0) is 0 Å². The van der Waals surface area contributed by atoms with E-state index in [9.17, 15) is 0 Å². The van der Waals surface area contributed by atoms with Crippen LogP contribution in [0.25, 0.3) is 0 Å². The number of likely N-dealkylation sites (N-methyl/N-ethyl adjacent to an activating group) is 1. The second kappa shape index (κ2) is 5.83. The van der Waals surface area contributed by atoms with Crippen LogP contribution in [-0.4, -0.2) is 44.1 Å². The van der Waals surface area contributed by atoms with Crippen molar-refractivity contribution in [2.45, 2.75) is 19.9 Å². The molecule has 0 atom stereocenters. The van der Waals surface area contributed by atoms with Gasteiger partial charge in [-0.15, -0.1) is 0 Å². The third-order valence-electron chi connectivity index (χ3n) is 1.89. The Bertz CT molecular complexity index is 142. The van der Waals surface area contributed by atoms with Gasteiger partial charge in [-0.05, 0) is 20.9 Å². The Kier molecular flexibility index (Phi) is 5.45. The van der Waals surface area contributed by atoms with Gasteiger partial charge in [0.2, 0.25) is 0 Å². The Labute approximate surface area is 74.8 Å². The number of hydrogen-bond acceptors (Lipinski definition) is 2. The van der Waals surface area contributed by atoms with Gasteiger partial charge in [-0.25, -0.2) is 0 Å². The molecule has 12 heavy (non-hydrogen) atoms. The van der Waals surface area contributed by atoms with Crippen molar-refractivity contribution in [3.8, 4) is 0 Å². The number of nitrogens with two attached hydrogens (primary N) is 1. The quantitative estimate of drug-likeness (QED) is 0.458. The van der Waals surface area contributed by atoms with Crippen LogP contribution < -0.4 is 11.1 Å². The predicted molar refractivity (Wildman–Crippen MR) is 53.3 cm³/mol. The Morgan fingerprint density at radius 2 is 2.17 bits per heavy atom. The van der Waals surface area contributed by atoms with Gasteiger partial charge < -0.3 is 16.0 Å². The molecule has 4 heteroatoms. The Balaban J connectivity index is 3.43. The van der Waals surface area contributed by atoms with Gasteiger partial charge in [-0.1, -0.05) is 0 Å². The van der Waals surface area contributed by atoms with Gasteiger partial charge in [-0.3, -0.25) is 4.99 Å². The summed E-state index contributed by atoms with van der Waals surface area (Å²) in [5.74, 6) is 0.507. The van der Waals surface area contributed by atoms with Crippen molar-refractivity contribution >= 4 is 5.96 Å². The van der Waals surface area contributed by atoms with Crippen molar-refractivity contribution in [1.82, 2.24) is 10.2 Å². The molecule has 72 valence electrons. The lowest BCUT2D eigenvalue weighted by molar-refractivity contribution is 0.278. The van der Waals surface area contributed by atoms with Gasteiger partial charge in [0.1, 0.15) is 0 Å². The Morgan fingerprint density at radius 3 is 2.58 bits per heavy atom.